The molecule has 2 heterocycles. The fraction of sp³-hybridized carbons (Fsp3) is 0.368. The van der Waals surface area contributed by atoms with E-state index in [0.717, 1.165) is 43.4 Å². The van der Waals surface area contributed by atoms with Crippen LogP contribution in [0.4, 0.5) is 10.2 Å². The van der Waals surface area contributed by atoms with Crippen LogP contribution in [0.1, 0.15) is 18.9 Å². The molecule has 1 saturated heterocycles. The monoisotopic (exact) mass is 503 g/mol. The number of benzene rings is 1. The molecular formula is C19H24ClFIN5. The number of nitrogens with one attached hydrogen (secondary N) is 2. The van der Waals surface area contributed by atoms with E-state index >= 15 is 0 Å². The van der Waals surface area contributed by atoms with Crippen molar-refractivity contribution in [1.29, 1.82) is 0 Å². The van der Waals surface area contributed by atoms with Crippen molar-refractivity contribution in [1.82, 2.24) is 15.6 Å². The predicted molar refractivity (Wildman–Crippen MR) is 120 cm³/mol. The first-order valence-corrected chi connectivity index (χ1v) is 9.18. The Kier molecular flexibility index (Phi) is 8.56. The van der Waals surface area contributed by atoms with Crippen molar-refractivity contribution < 1.29 is 4.39 Å². The summed E-state index contributed by atoms with van der Waals surface area (Å²) in [5.74, 6) is 1.35. The molecule has 1 aliphatic heterocycles. The summed E-state index contributed by atoms with van der Waals surface area (Å²) in [5, 5.41) is 7.40. The van der Waals surface area contributed by atoms with E-state index in [9.17, 15) is 4.39 Å². The van der Waals surface area contributed by atoms with Crippen LogP contribution in [0, 0.1) is 5.82 Å². The second-order valence-electron chi connectivity index (χ2n) is 6.21. The van der Waals surface area contributed by atoms with Gasteiger partial charge in [0.15, 0.2) is 5.96 Å². The highest BCUT2D eigenvalue weighted by Crippen LogP contribution is 2.25. The predicted octanol–water partition coefficient (Wildman–Crippen LogP) is 3.83. The van der Waals surface area contributed by atoms with E-state index in [-0.39, 0.29) is 35.8 Å². The minimum Gasteiger partial charge on any atom is -0.357 e. The third-order valence-electron chi connectivity index (χ3n) is 4.24. The van der Waals surface area contributed by atoms with Crippen LogP contribution in [0.25, 0.3) is 0 Å². The Morgan fingerprint density at radius 3 is 2.81 bits per heavy atom. The van der Waals surface area contributed by atoms with E-state index in [0.29, 0.717) is 11.6 Å². The summed E-state index contributed by atoms with van der Waals surface area (Å²) >= 11 is 6.25. The van der Waals surface area contributed by atoms with E-state index < -0.39 is 0 Å². The Hall–Kier alpha value is -1.61. The molecule has 1 atom stereocenters. The topological polar surface area (TPSA) is 52.6 Å². The number of rotatable bonds is 5. The molecule has 0 radical (unpaired) electrons. The molecule has 1 aromatic heterocycles. The number of halogens is 3. The lowest BCUT2D eigenvalue weighted by Gasteiger charge is -2.20. The molecule has 5 nitrogen and oxygen atoms in total. The third-order valence-corrected chi connectivity index (χ3v) is 4.54. The van der Waals surface area contributed by atoms with Crippen molar-refractivity contribution in [3.05, 3.63) is 59.0 Å². The molecule has 27 heavy (non-hydrogen) atoms. The van der Waals surface area contributed by atoms with E-state index in [1.165, 1.54) is 12.1 Å². The largest absolute Gasteiger partial charge is 0.357 e. The lowest BCUT2D eigenvalue weighted by molar-refractivity contribution is 0.627. The van der Waals surface area contributed by atoms with Crippen molar-refractivity contribution in [2.75, 3.05) is 24.5 Å². The second-order valence-corrected chi connectivity index (χ2v) is 6.61. The molecule has 0 amide bonds. The molecule has 0 spiro atoms. The molecule has 0 bridgehead atoms. The lowest BCUT2D eigenvalue weighted by Crippen LogP contribution is -2.44. The summed E-state index contributed by atoms with van der Waals surface area (Å²) in [7, 11) is 0. The molecule has 2 aromatic rings. The summed E-state index contributed by atoms with van der Waals surface area (Å²) in [6.07, 6.45) is 2.74. The fourth-order valence-electron chi connectivity index (χ4n) is 2.95. The third kappa shape index (κ3) is 6.21. The zero-order chi connectivity index (χ0) is 18.4. The van der Waals surface area contributed by atoms with Crippen molar-refractivity contribution in [2.24, 2.45) is 4.99 Å². The molecule has 2 N–H and O–H groups in total. The highest BCUT2D eigenvalue weighted by Gasteiger charge is 2.25. The Morgan fingerprint density at radius 1 is 1.33 bits per heavy atom. The molecule has 1 aliphatic rings. The van der Waals surface area contributed by atoms with Gasteiger partial charge in [-0.05, 0) is 43.2 Å². The number of hydrogen-bond acceptors (Lipinski definition) is 3. The second kappa shape index (κ2) is 10.7. The SMILES string of the molecule is CCNC(=NCc1ccc(F)cc1)NC1CCN(c2ncccc2Cl)C1.I. The standard InChI is InChI=1S/C19H23ClFN5.HI/c1-2-22-19(24-12-14-5-7-15(21)8-6-14)25-16-9-11-26(13-16)18-17(20)4-3-10-23-18;/h3-8,10,16H,2,9,11-13H2,1H3,(H2,22,24,25);1H. The van der Waals surface area contributed by atoms with Crippen LogP contribution >= 0.6 is 35.6 Å². The fourth-order valence-corrected chi connectivity index (χ4v) is 3.20. The number of anilines is 1. The van der Waals surface area contributed by atoms with E-state index in [1.54, 1.807) is 18.3 Å². The first-order valence-electron chi connectivity index (χ1n) is 8.80. The van der Waals surface area contributed by atoms with Gasteiger partial charge in [0.25, 0.3) is 0 Å². The average Bonchev–Trinajstić information content (AvgIpc) is 3.10. The summed E-state index contributed by atoms with van der Waals surface area (Å²) < 4.78 is 13.0. The maximum Gasteiger partial charge on any atom is 0.191 e. The zero-order valence-corrected chi connectivity index (χ0v) is 18.2. The molecule has 0 saturated carbocycles. The van der Waals surface area contributed by atoms with Gasteiger partial charge < -0.3 is 15.5 Å². The van der Waals surface area contributed by atoms with Crippen LogP contribution in [-0.4, -0.2) is 36.6 Å². The minimum atomic E-state index is -0.234. The molecule has 1 unspecified atom stereocenters. The first-order chi connectivity index (χ1) is 12.7. The number of hydrogen-bond donors (Lipinski definition) is 2. The summed E-state index contributed by atoms with van der Waals surface area (Å²) in [5.41, 5.74) is 0.969. The Labute approximate surface area is 181 Å². The zero-order valence-electron chi connectivity index (χ0n) is 15.2. The Morgan fingerprint density at radius 2 is 2.11 bits per heavy atom. The van der Waals surface area contributed by atoms with Crippen LogP contribution in [0.3, 0.4) is 0 Å². The summed E-state index contributed by atoms with van der Waals surface area (Å²) in [6.45, 7) is 5.02. The van der Waals surface area contributed by atoms with Gasteiger partial charge >= 0.3 is 0 Å². The highest BCUT2D eigenvalue weighted by atomic mass is 127. The number of aliphatic imine (C=N–C) groups is 1. The van der Waals surface area contributed by atoms with E-state index in [1.807, 2.05) is 19.1 Å². The summed E-state index contributed by atoms with van der Waals surface area (Å²) in [6, 6.07) is 10.4. The van der Waals surface area contributed by atoms with Crippen molar-refractivity contribution >= 4 is 47.4 Å². The van der Waals surface area contributed by atoms with Crippen molar-refractivity contribution in [2.45, 2.75) is 25.9 Å². The van der Waals surface area contributed by atoms with Crippen molar-refractivity contribution in [3.63, 3.8) is 0 Å². The van der Waals surface area contributed by atoms with Crippen LogP contribution in [-0.2, 0) is 6.54 Å². The van der Waals surface area contributed by atoms with Gasteiger partial charge in [0.05, 0.1) is 11.6 Å². The lowest BCUT2D eigenvalue weighted by atomic mass is 10.2. The van der Waals surface area contributed by atoms with Crippen LogP contribution in [0.2, 0.25) is 5.02 Å². The molecule has 0 aliphatic carbocycles. The Bertz CT molecular complexity index is 756. The first kappa shape index (κ1) is 21.7. The van der Waals surface area contributed by atoms with Gasteiger partial charge in [-0.2, -0.15) is 0 Å². The van der Waals surface area contributed by atoms with Gasteiger partial charge in [0, 0.05) is 31.9 Å². The van der Waals surface area contributed by atoms with Crippen LogP contribution in [0.15, 0.2) is 47.6 Å². The van der Waals surface area contributed by atoms with Crippen molar-refractivity contribution in [3.8, 4) is 0 Å². The molecule has 8 heteroatoms. The van der Waals surface area contributed by atoms with Crippen LogP contribution < -0.4 is 15.5 Å². The van der Waals surface area contributed by atoms with E-state index in [4.69, 9.17) is 11.6 Å². The quantitative estimate of drug-likeness (QED) is 0.370. The Balaban J connectivity index is 0.00000261. The van der Waals surface area contributed by atoms with Gasteiger partial charge in [-0.25, -0.2) is 14.4 Å². The van der Waals surface area contributed by atoms with Gasteiger partial charge in [-0.15, -0.1) is 24.0 Å². The molecule has 1 aromatic carbocycles. The van der Waals surface area contributed by atoms with Gasteiger partial charge in [-0.1, -0.05) is 23.7 Å². The van der Waals surface area contributed by atoms with Gasteiger partial charge in [0.1, 0.15) is 11.6 Å². The van der Waals surface area contributed by atoms with Gasteiger partial charge in [0.2, 0.25) is 0 Å². The average molecular weight is 504 g/mol. The van der Waals surface area contributed by atoms with Gasteiger partial charge in [-0.3, -0.25) is 0 Å². The number of nitrogens with zero attached hydrogens (tertiary/aromatic N) is 3. The number of guanidine groups is 1. The molecular weight excluding hydrogens is 480 g/mol. The normalized spacial score (nSPS) is 16.8. The maximum absolute atomic E-state index is 13.0. The molecule has 1 fully saturated rings. The van der Waals surface area contributed by atoms with Crippen LogP contribution in [0.5, 0.6) is 0 Å². The molecule has 146 valence electrons. The maximum atomic E-state index is 13.0. The minimum absolute atomic E-state index is 0. The smallest absolute Gasteiger partial charge is 0.191 e. The number of pyridine rings is 1. The molecule has 3 rings (SSSR count). The summed E-state index contributed by atoms with van der Waals surface area (Å²) in [4.78, 5) is 11.2. The number of aromatic nitrogens is 1. The highest BCUT2D eigenvalue weighted by molar-refractivity contribution is 14.0. The van der Waals surface area contributed by atoms with E-state index in [2.05, 4.69) is 25.5 Å².